The maximum atomic E-state index is 14.4. The molecule has 1 atom stereocenters. The van der Waals surface area contributed by atoms with Crippen LogP contribution in [0, 0.1) is 11.7 Å². The predicted octanol–water partition coefficient (Wildman–Crippen LogP) is 8.17. The van der Waals surface area contributed by atoms with E-state index in [4.69, 9.17) is 4.74 Å². The van der Waals surface area contributed by atoms with E-state index in [-0.39, 0.29) is 5.82 Å². The standard InChI is InChI=1S/C27H41FN2O/c1-4-6-7-8-9-10-11-15-23-20-29-27(30-21-23)24-16-17-26(25(28)19-24)31-18-13-12-14-22(3)5-2/h16-17,19-22H,4-15,18H2,1-3H3/t22-/m0/s1. The van der Waals surface area contributed by atoms with Crippen molar-refractivity contribution < 1.29 is 9.13 Å². The maximum absolute atomic E-state index is 14.4. The molecule has 3 nitrogen and oxygen atoms in total. The Hall–Kier alpha value is -1.97. The number of halogens is 1. The van der Waals surface area contributed by atoms with Crippen LogP contribution in [0.2, 0.25) is 0 Å². The van der Waals surface area contributed by atoms with Gasteiger partial charge in [0.05, 0.1) is 6.61 Å². The zero-order valence-corrected chi connectivity index (χ0v) is 19.8. The van der Waals surface area contributed by atoms with E-state index in [2.05, 4.69) is 30.7 Å². The highest BCUT2D eigenvalue weighted by molar-refractivity contribution is 5.56. The van der Waals surface area contributed by atoms with Gasteiger partial charge in [0, 0.05) is 18.0 Å². The monoisotopic (exact) mass is 428 g/mol. The highest BCUT2D eigenvalue weighted by Gasteiger charge is 2.09. The Balaban J connectivity index is 1.75. The Morgan fingerprint density at radius 3 is 2.29 bits per heavy atom. The number of benzene rings is 1. The third-order valence-corrected chi connectivity index (χ3v) is 6.01. The summed E-state index contributed by atoms with van der Waals surface area (Å²) in [4.78, 5) is 8.90. The second kappa shape index (κ2) is 14.9. The van der Waals surface area contributed by atoms with Crippen molar-refractivity contribution in [3.63, 3.8) is 0 Å². The summed E-state index contributed by atoms with van der Waals surface area (Å²) in [5.74, 6) is 1.26. The fraction of sp³-hybridized carbons (Fsp3) is 0.630. The van der Waals surface area contributed by atoms with Crippen LogP contribution in [0.5, 0.6) is 5.75 Å². The van der Waals surface area contributed by atoms with E-state index in [0.29, 0.717) is 23.7 Å². The molecule has 31 heavy (non-hydrogen) atoms. The summed E-state index contributed by atoms with van der Waals surface area (Å²) in [5.41, 5.74) is 1.83. The molecule has 0 saturated heterocycles. The van der Waals surface area contributed by atoms with Crippen molar-refractivity contribution >= 4 is 0 Å². The quantitative estimate of drug-likeness (QED) is 0.253. The topological polar surface area (TPSA) is 35.0 Å². The fourth-order valence-corrected chi connectivity index (χ4v) is 3.66. The van der Waals surface area contributed by atoms with Gasteiger partial charge in [0.15, 0.2) is 17.4 Å². The van der Waals surface area contributed by atoms with Crippen LogP contribution in [-0.4, -0.2) is 16.6 Å². The zero-order chi connectivity index (χ0) is 22.3. The summed E-state index contributed by atoms with van der Waals surface area (Å²) in [6.07, 6.45) is 18.3. The predicted molar refractivity (Wildman–Crippen MR) is 128 cm³/mol. The van der Waals surface area contributed by atoms with Gasteiger partial charge in [-0.25, -0.2) is 14.4 Å². The lowest BCUT2D eigenvalue weighted by Gasteiger charge is -2.10. The molecule has 172 valence electrons. The summed E-state index contributed by atoms with van der Waals surface area (Å²) in [6, 6.07) is 5.00. The molecule has 4 heteroatoms. The second-order valence-electron chi connectivity index (χ2n) is 8.79. The highest BCUT2D eigenvalue weighted by Crippen LogP contribution is 2.24. The van der Waals surface area contributed by atoms with Crippen molar-refractivity contribution in [3.8, 4) is 17.1 Å². The molecule has 0 aliphatic heterocycles. The molecule has 1 aromatic heterocycles. The average molecular weight is 429 g/mol. The van der Waals surface area contributed by atoms with Crippen LogP contribution in [-0.2, 0) is 6.42 Å². The summed E-state index contributed by atoms with van der Waals surface area (Å²) in [5, 5.41) is 0. The molecule has 0 aliphatic carbocycles. The van der Waals surface area contributed by atoms with E-state index in [1.807, 2.05) is 18.5 Å². The molecule has 0 N–H and O–H groups in total. The van der Waals surface area contributed by atoms with Gasteiger partial charge in [-0.1, -0.05) is 72.1 Å². The minimum absolute atomic E-state index is 0.308. The summed E-state index contributed by atoms with van der Waals surface area (Å²) < 4.78 is 20.1. The Bertz CT molecular complexity index is 733. The van der Waals surface area contributed by atoms with Crippen molar-refractivity contribution in [3.05, 3.63) is 42.0 Å². The molecule has 0 unspecified atom stereocenters. The molecule has 0 radical (unpaired) electrons. The average Bonchev–Trinajstić information content (AvgIpc) is 2.79. The molecule has 2 rings (SSSR count). The van der Waals surface area contributed by atoms with Crippen molar-refractivity contribution in [2.45, 2.75) is 97.8 Å². The second-order valence-corrected chi connectivity index (χ2v) is 8.79. The normalized spacial score (nSPS) is 12.1. The number of unbranched alkanes of at least 4 members (excludes halogenated alkanes) is 7. The summed E-state index contributed by atoms with van der Waals surface area (Å²) in [7, 11) is 0. The van der Waals surface area contributed by atoms with Crippen molar-refractivity contribution in [1.29, 1.82) is 0 Å². The Kier molecular flexibility index (Phi) is 12.2. The van der Waals surface area contributed by atoms with Gasteiger partial charge in [-0.2, -0.15) is 0 Å². The van der Waals surface area contributed by atoms with Gasteiger partial charge < -0.3 is 4.74 Å². The van der Waals surface area contributed by atoms with Gasteiger partial charge in [-0.3, -0.25) is 0 Å². The van der Waals surface area contributed by atoms with Crippen LogP contribution in [0.4, 0.5) is 4.39 Å². The van der Waals surface area contributed by atoms with Crippen molar-refractivity contribution in [1.82, 2.24) is 9.97 Å². The zero-order valence-electron chi connectivity index (χ0n) is 19.8. The number of nitrogens with zero attached hydrogens (tertiary/aromatic N) is 2. The lowest BCUT2D eigenvalue weighted by Crippen LogP contribution is -2.01. The molecule has 0 amide bonds. The number of hydrogen-bond acceptors (Lipinski definition) is 3. The summed E-state index contributed by atoms with van der Waals surface area (Å²) >= 11 is 0. The van der Waals surface area contributed by atoms with Crippen molar-refractivity contribution in [2.24, 2.45) is 5.92 Å². The van der Waals surface area contributed by atoms with E-state index in [0.717, 1.165) is 30.7 Å². The van der Waals surface area contributed by atoms with E-state index in [1.165, 1.54) is 63.9 Å². The van der Waals surface area contributed by atoms with Crippen LogP contribution in [0.25, 0.3) is 11.4 Å². The van der Waals surface area contributed by atoms with Gasteiger partial charge in [0.2, 0.25) is 0 Å². The first-order valence-electron chi connectivity index (χ1n) is 12.4. The minimum atomic E-state index is -0.352. The molecule has 1 aromatic carbocycles. The Morgan fingerprint density at radius 2 is 1.61 bits per heavy atom. The number of ether oxygens (including phenoxy) is 1. The lowest BCUT2D eigenvalue weighted by molar-refractivity contribution is 0.286. The molecular weight excluding hydrogens is 387 g/mol. The van der Waals surface area contributed by atoms with Crippen LogP contribution in [0.15, 0.2) is 30.6 Å². The molecule has 1 heterocycles. The van der Waals surface area contributed by atoms with Gasteiger partial charge in [-0.15, -0.1) is 0 Å². The highest BCUT2D eigenvalue weighted by atomic mass is 19.1. The third kappa shape index (κ3) is 9.80. The van der Waals surface area contributed by atoms with E-state index >= 15 is 0 Å². The van der Waals surface area contributed by atoms with Crippen LogP contribution in [0.3, 0.4) is 0 Å². The number of aryl methyl sites for hydroxylation is 1. The van der Waals surface area contributed by atoms with Gasteiger partial charge in [0.25, 0.3) is 0 Å². The van der Waals surface area contributed by atoms with Gasteiger partial charge >= 0.3 is 0 Å². The number of rotatable bonds is 16. The molecule has 0 saturated carbocycles. The molecule has 2 aromatic rings. The largest absolute Gasteiger partial charge is 0.491 e. The number of aromatic nitrogens is 2. The van der Waals surface area contributed by atoms with Gasteiger partial charge in [0.1, 0.15) is 0 Å². The maximum Gasteiger partial charge on any atom is 0.165 e. The molecule has 0 fully saturated rings. The van der Waals surface area contributed by atoms with Crippen LogP contribution >= 0.6 is 0 Å². The summed E-state index contributed by atoms with van der Waals surface area (Å²) in [6.45, 7) is 7.28. The first-order chi connectivity index (χ1) is 15.1. The number of hydrogen-bond donors (Lipinski definition) is 0. The Morgan fingerprint density at radius 1 is 0.903 bits per heavy atom. The van der Waals surface area contributed by atoms with E-state index in [1.54, 1.807) is 6.07 Å². The molecule has 0 spiro atoms. The smallest absolute Gasteiger partial charge is 0.165 e. The minimum Gasteiger partial charge on any atom is -0.491 e. The lowest BCUT2D eigenvalue weighted by atomic mass is 10.0. The fourth-order valence-electron chi connectivity index (χ4n) is 3.66. The SMILES string of the molecule is CCCCCCCCCc1cnc(-c2ccc(OCCCC[C@@H](C)CC)c(F)c2)nc1. The molecular formula is C27H41FN2O. The van der Waals surface area contributed by atoms with Crippen LogP contribution in [0.1, 0.15) is 97.0 Å². The Labute approximate surface area is 188 Å². The van der Waals surface area contributed by atoms with Crippen molar-refractivity contribution in [2.75, 3.05) is 6.61 Å². The van der Waals surface area contributed by atoms with Crippen LogP contribution < -0.4 is 4.74 Å². The van der Waals surface area contributed by atoms with Gasteiger partial charge in [-0.05, 0) is 55.4 Å². The molecule has 0 aliphatic rings. The first kappa shape index (κ1) is 25.3. The van der Waals surface area contributed by atoms with E-state index in [9.17, 15) is 4.39 Å². The third-order valence-electron chi connectivity index (χ3n) is 6.01. The first-order valence-corrected chi connectivity index (χ1v) is 12.4. The van der Waals surface area contributed by atoms with E-state index < -0.39 is 0 Å². The molecule has 0 bridgehead atoms.